The molecule has 2 atom stereocenters. The van der Waals surface area contributed by atoms with Crippen molar-refractivity contribution < 1.29 is 9.90 Å². The van der Waals surface area contributed by atoms with Crippen LogP contribution in [0.4, 0.5) is 0 Å². The van der Waals surface area contributed by atoms with E-state index in [1.165, 1.54) is 11.3 Å². The van der Waals surface area contributed by atoms with Gasteiger partial charge in [-0.15, -0.1) is 22.7 Å². The van der Waals surface area contributed by atoms with Gasteiger partial charge in [-0.05, 0) is 36.6 Å². The molecule has 2 unspecified atom stereocenters. The Hall–Kier alpha value is -1.76. The smallest absolute Gasteiger partial charge is 0.263 e. The van der Waals surface area contributed by atoms with Crippen LogP contribution in [0.2, 0.25) is 0 Å². The molecule has 0 spiro atoms. The number of aliphatic hydroxyl groups is 1. The van der Waals surface area contributed by atoms with E-state index in [2.05, 4.69) is 11.1 Å². The van der Waals surface area contributed by atoms with Crippen molar-refractivity contribution in [2.75, 3.05) is 13.1 Å². The van der Waals surface area contributed by atoms with Gasteiger partial charge in [0.1, 0.15) is 5.01 Å². The summed E-state index contributed by atoms with van der Waals surface area (Å²) >= 11 is 3.15. The lowest BCUT2D eigenvalue weighted by molar-refractivity contribution is 0.0300. The van der Waals surface area contributed by atoms with Crippen molar-refractivity contribution in [3.05, 3.63) is 41.3 Å². The van der Waals surface area contributed by atoms with Crippen LogP contribution in [0.15, 0.2) is 36.4 Å². The number of thiophene rings is 1. The highest BCUT2D eigenvalue weighted by Gasteiger charge is 2.28. The zero-order valence-electron chi connectivity index (χ0n) is 13.3. The van der Waals surface area contributed by atoms with E-state index in [1.807, 2.05) is 42.2 Å². The van der Waals surface area contributed by atoms with E-state index in [-0.39, 0.29) is 17.9 Å². The lowest BCUT2D eigenvalue weighted by Gasteiger charge is -2.34. The molecule has 1 aliphatic heterocycles. The second-order valence-electron chi connectivity index (χ2n) is 6.24. The van der Waals surface area contributed by atoms with E-state index in [0.29, 0.717) is 19.5 Å². The number of thiazole rings is 1. The van der Waals surface area contributed by atoms with E-state index in [1.54, 1.807) is 11.3 Å². The Morgan fingerprint density at radius 2 is 2.08 bits per heavy atom. The summed E-state index contributed by atoms with van der Waals surface area (Å²) in [5.41, 5.74) is 0.998. The molecule has 1 N–H and O–H groups in total. The summed E-state index contributed by atoms with van der Waals surface area (Å²) < 4.78 is 1.16. The quantitative estimate of drug-likeness (QED) is 0.757. The van der Waals surface area contributed by atoms with Crippen molar-refractivity contribution in [1.29, 1.82) is 0 Å². The third kappa shape index (κ3) is 2.85. The molecule has 1 saturated heterocycles. The van der Waals surface area contributed by atoms with Gasteiger partial charge in [-0.1, -0.05) is 19.1 Å². The Kier molecular flexibility index (Phi) is 4.12. The molecule has 1 aliphatic rings. The van der Waals surface area contributed by atoms with Crippen LogP contribution < -0.4 is 0 Å². The van der Waals surface area contributed by atoms with Crippen molar-refractivity contribution in [2.24, 2.45) is 5.92 Å². The van der Waals surface area contributed by atoms with Crippen LogP contribution in [0.3, 0.4) is 0 Å². The first kappa shape index (κ1) is 15.7. The van der Waals surface area contributed by atoms with Crippen LogP contribution in [0, 0.1) is 5.92 Å². The fraction of sp³-hybridized carbons (Fsp3) is 0.333. The van der Waals surface area contributed by atoms with Gasteiger partial charge >= 0.3 is 0 Å². The maximum atomic E-state index is 12.7. The molecule has 4 rings (SSSR count). The number of hydrogen-bond donors (Lipinski definition) is 1. The van der Waals surface area contributed by atoms with Gasteiger partial charge in [-0.25, -0.2) is 4.98 Å². The number of piperidine rings is 1. The lowest BCUT2D eigenvalue weighted by Crippen LogP contribution is -2.44. The van der Waals surface area contributed by atoms with Crippen LogP contribution in [0.1, 0.15) is 23.0 Å². The normalized spacial score (nSPS) is 21.3. The molecule has 0 bridgehead atoms. The van der Waals surface area contributed by atoms with Crippen molar-refractivity contribution in [3.8, 4) is 9.88 Å². The van der Waals surface area contributed by atoms with Crippen molar-refractivity contribution in [2.45, 2.75) is 19.4 Å². The Morgan fingerprint density at radius 3 is 2.88 bits per heavy atom. The first-order valence-corrected chi connectivity index (χ1v) is 9.68. The van der Waals surface area contributed by atoms with E-state index in [9.17, 15) is 9.90 Å². The fourth-order valence-corrected chi connectivity index (χ4v) is 5.01. The standard InChI is InChI=1S/C18H18N2O2S2/c1-11-10-20(9-8-13(11)21)18(22)16-7-6-15(23-16)17-19-12-4-2-3-5-14(12)24-17/h2-7,11,13,21H,8-10H2,1H3. The maximum absolute atomic E-state index is 12.7. The van der Waals surface area contributed by atoms with Crippen LogP contribution >= 0.6 is 22.7 Å². The minimum Gasteiger partial charge on any atom is -0.393 e. The highest BCUT2D eigenvalue weighted by Crippen LogP contribution is 2.35. The van der Waals surface area contributed by atoms with Crippen LogP contribution in [-0.4, -0.2) is 40.1 Å². The zero-order valence-corrected chi connectivity index (χ0v) is 14.9. The second kappa shape index (κ2) is 6.27. The van der Waals surface area contributed by atoms with Gasteiger partial charge in [0.25, 0.3) is 5.91 Å². The lowest BCUT2D eigenvalue weighted by atomic mass is 9.97. The molecule has 3 heterocycles. The van der Waals surface area contributed by atoms with E-state index in [4.69, 9.17) is 0 Å². The van der Waals surface area contributed by atoms with E-state index >= 15 is 0 Å². The molecule has 24 heavy (non-hydrogen) atoms. The first-order chi connectivity index (χ1) is 11.6. The van der Waals surface area contributed by atoms with Gasteiger partial charge in [0.15, 0.2) is 0 Å². The number of carbonyl (C=O) groups is 1. The molecule has 6 heteroatoms. The van der Waals surface area contributed by atoms with Gasteiger partial charge in [0.05, 0.1) is 26.1 Å². The first-order valence-electron chi connectivity index (χ1n) is 8.05. The van der Waals surface area contributed by atoms with Gasteiger partial charge in [0.2, 0.25) is 0 Å². The summed E-state index contributed by atoms with van der Waals surface area (Å²) in [7, 11) is 0. The third-order valence-corrected chi connectivity index (χ3v) is 6.75. The van der Waals surface area contributed by atoms with Crippen molar-refractivity contribution in [3.63, 3.8) is 0 Å². The second-order valence-corrected chi connectivity index (χ2v) is 8.35. The minimum absolute atomic E-state index is 0.0612. The molecular weight excluding hydrogens is 340 g/mol. The number of aliphatic hydroxyl groups excluding tert-OH is 1. The zero-order chi connectivity index (χ0) is 16.7. The fourth-order valence-electron chi connectivity index (χ4n) is 3.02. The summed E-state index contributed by atoms with van der Waals surface area (Å²) in [6, 6.07) is 12.0. The molecule has 0 radical (unpaired) electrons. The largest absolute Gasteiger partial charge is 0.393 e. The molecule has 0 saturated carbocycles. The van der Waals surface area contributed by atoms with Gasteiger partial charge in [0, 0.05) is 13.1 Å². The highest BCUT2D eigenvalue weighted by atomic mass is 32.1. The molecular formula is C18H18N2O2S2. The molecule has 1 amide bonds. The average molecular weight is 358 g/mol. The Labute approximate surface area is 148 Å². The van der Waals surface area contributed by atoms with Crippen LogP contribution in [0.5, 0.6) is 0 Å². The summed E-state index contributed by atoms with van der Waals surface area (Å²) in [5.74, 6) is 0.192. The Morgan fingerprint density at radius 1 is 1.25 bits per heavy atom. The maximum Gasteiger partial charge on any atom is 0.263 e. The number of nitrogens with zero attached hydrogens (tertiary/aromatic N) is 2. The number of para-hydroxylation sites is 1. The summed E-state index contributed by atoms with van der Waals surface area (Å²) in [6.07, 6.45) is 0.360. The number of rotatable bonds is 2. The molecule has 3 aromatic rings. The minimum atomic E-state index is -0.296. The Bertz CT molecular complexity index is 853. The van der Waals surface area contributed by atoms with Gasteiger partial charge in [-0.3, -0.25) is 4.79 Å². The predicted octanol–water partition coefficient (Wildman–Crippen LogP) is 3.87. The van der Waals surface area contributed by atoms with Crippen molar-refractivity contribution in [1.82, 2.24) is 9.88 Å². The Balaban J connectivity index is 1.57. The predicted molar refractivity (Wildman–Crippen MR) is 98.6 cm³/mol. The third-order valence-electron chi connectivity index (χ3n) is 4.47. The number of benzene rings is 1. The van der Waals surface area contributed by atoms with E-state index < -0.39 is 0 Å². The van der Waals surface area contributed by atoms with Gasteiger partial charge in [-0.2, -0.15) is 0 Å². The van der Waals surface area contributed by atoms with Gasteiger partial charge < -0.3 is 10.0 Å². The average Bonchev–Trinajstić information content (AvgIpc) is 3.23. The summed E-state index contributed by atoms with van der Waals surface area (Å²) in [6.45, 7) is 3.23. The summed E-state index contributed by atoms with van der Waals surface area (Å²) in [4.78, 5) is 21.0. The molecule has 1 aromatic carbocycles. The molecule has 2 aromatic heterocycles. The van der Waals surface area contributed by atoms with Crippen LogP contribution in [0.25, 0.3) is 20.1 Å². The molecule has 0 aliphatic carbocycles. The monoisotopic (exact) mass is 358 g/mol. The summed E-state index contributed by atoms with van der Waals surface area (Å²) in [5, 5.41) is 10.8. The molecule has 1 fully saturated rings. The number of likely N-dealkylation sites (tertiary alicyclic amines) is 1. The number of aromatic nitrogens is 1. The van der Waals surface area contributed by atoms with Crippen LogP contribution in [-0.2, 0) is 0 Å². The number of amides is 1. The molecule has 4 nitrogen and oxygen atoms in total. The van der Waals surface area contributed by atoms with E-state index in [0.717, 1.165) is 25.0 Å². The highest BCUT2D eigenvalue weighted by molar-refractivity contribution is 7.26. The molecule has 124 valence electrons. The SMILES string of the molecule is CC1CN(C(=O)c2ccc(-c3nc4ccccc4s3)s2)CCC1O. The number of fused-ring (bicyclic) bond motifs is 1. The van der Waals surface area contributed by atoms with Crippen molar-refractivity contribution >= 4 is 38.8 Å². The topological polar surface area (TPSA) is 53.4 Å². The number of hydrogen-bond acceptors (Lipinski definition) is 5. The number of carbonyl (C=O) groups excluding carboxylic acids is 1.